The highest BCUT2D eigenvalue weighted by Crippen LogP contribution is 2.28. The van der Waals surface area contributed by atoms with Gasteiger partial charge in [0.1, 0.15) is 0 Å². The fraction of sp³-hybridized carbons (Fsp3) is 0.333. The van der Waals surface area contributed by atoms with Crippen molar-refractivity contribution in [3.63, 3.8) is 0 Å². The SMILES string of the molecule is C=C(C)N(c1ccccc1)c1ccccc1.CC.CC(C)C. The maximum absolute atomic E-state index is 4.03. The Bertz CT molecular complexity index is 458. The van der Waals surface area contributed by atoms with Gasteiger partial charge in [-0.1, -0.05) is 77.6 Å². The van der Waals surface area contributed by atoms with Crippen LogP contribution in [-0.4, -0.2) is 0 Å². The molecule has 0 aliphatic carbocycles. The summed E-state index contributed by atoms with van der Waals surface area (Å²) in [5, 5.41) is 0. The van der Waals surface area contributed by atoms with E-state index < -0.39 is 0 Å². The van der Waals surface area contributed by atoms with Gasteiger partial charge in [0.05, 0.1) is 0 Å². The van der Waals surface area contributed by atoms with Gasteiger partial charge in [-0.05, 0) is 37.1 Å². The van der Waals surface area contributed by atoms with Gasteiger partial charge in [-0.2, -0.15) is 0 Å². The van der Waals surface area contributed by atoms with Crippen molar-refractivity contribution in [1.82, 2.24) is 0 Å². The van der Waals surface area contributed by atoms with E-state index in [0.717, 1.165) is 23.0 Å². The molecule has 2 rings (SSSR count). The zero-order valence-corrected chi connectivity index (χ0v) is 15.0. The van der Waals surface area contributed by atoms with E-state index in [1.165, 1.54) is 0 Å². The second-order valence-electron chi connectivity index (χ2n) is 5.47. The highest BCUT2D eigenvalue weighted by Gasteiger charge is 2.08. The molecule has 0 fully saturated rings. The number of rotatable bonds is 3. The lowest BCUT2D eigenvalue weighted by Crippen LogP contribution is -2.12. The van der Waals surface area contributed by atoms with Gasteiger partial charge in [-0.15, -0.1) is 0 Å². The van der Waals surface area contributed by atoms with Gasteiger partial charge in [0.25, 0.3) is 0 Å². The van der Waals surface area contributed by atoms with Crippen LogP contribution in [0.1, 0.15) is 41.5 Å². The number of benzene rings is 2. The van der Waals surface area contributed by atoms with Crippen molar-refractivity contribution < 1.29 is 0 Å². The number of allylic oxidation sites excluding steroid dienone is 1. The number of hydrogen-bond donors (Lipinski definition) is 0. The highest BCUT2D eigenvalue weighted by atomic mass is 15.1. The van der Waals surface area contributed by atoms with Crippen molar-refractivity contribution in [2.75, 3.05) is 4.90 Å². The molecule has 1 heteroatoms. The molecular formula is C21H31N. The predicted octanol–water partition coefficient (Wildman–Crippen LogP) is 7.05. The molecule has 0 aliphatic heterocycles. The highest BCUT2D eigenvalue weighted by molar-refractivity contribution is 5.67. The fourth-order valence-electron chi connectivity index (χ4n) is 1.74. The Morgan fingerprint density at radius 2 is 1.05 bits per heavy atom. The third-order valence-electron chi connectivity index (χ3n) is 2.41. The molecule has 0 saturated carbocycles. The van der Waals surface area contributed by atoms with E-state index in [-0.39, 0.29) is 0 Å². The van der Waals surface area contributed by atoms with Crippen LogP contribution in [-0.2, 0) is 0 Å². The van der Waals surface area contributed by atoms with Gasteiger partial charge in [0.15, 0.2) is 0 Å². The van der Waals surface area contributed by atoms with Crippen LogP contribution < -0.4 is 4.90 Å². The van der Waals surface area contributed by atoms with Crippen molar-refractivity contribution >= 4 is 11.4 Å². The van der Waals surface area contributed by atoms with Crippen molar-refractivity contribution in [2.45, 2.75) is 41.5 Å². The van der Waals surface area contributed by atoms with E-state index in [4.69, 9.17) is 0 Å². The van der Waals surface area contributed by atoms with E-state index >= 15 is 0 Å². The molecule has 0 saturated heterocycles. The van der Waals surface area contributed by atoms with Crippen LogP contribution in [0.15, 0.2) is 72.9 Å². The third-order valence-corrected chi connectivity index (χ3v) is 2.41. The second kappa shape index (κ2) is 11.6. The first-order valence-corrected chi connectivity index (χ1v) is 8.08. The molecule has 120 valence electrons. The van der Waals surface area contributed by atoms with E-state index in [1.54, 1.807) is 0 Å². The van der Waals surface area contributed by atoms with Gasteiger partial charge in [0.2, 0.25) is 0 Å². The molecule has 1 nitrogen and oxygen atoms in total. The van der Waals surface area contributed by atoms with Crippen molar-refractivity contribution in [3.05, 3.63) is 72.9 Å². The summed E-state index contributed by atoms with van der Waals surface area (Å²) in [7, 11) is 0. The fourth-order valence-corrected chi connectivity index (χ4v) is 1.74. The molecule has 0 N–H and O–H groups in total. The first kappa shape index (κ1) is 20.0. The minimum absolute atomic E-state index is 0.833. The molecule has 0 aliphatic rings. The van der Waals surface area contributed by atoms with Crippen LogP contribution in [0.3, 0.4) is 0 Å². The smallest absolute Gasteiger partial charge is 0.0458 e. The number of nitrogens with zero attached hydrogens (tertiary/aromatic N) is 1. The molecule has 22 heavy (non-hydrogen) atoms. The summed E-state index contributed by atoms with van der Waals surface area (Å²) < 4.78 is 0. The largest absolute Gasteiger partial charge is 0.315 e. The number of para-hydroxylation sites is 2. The summed E-state index contributed by atoms with van der Waals surface area (Å²) in [5.74, 6) is 0.833. The molecule has 0 radical (unpaired) electrons. The Kier molecular flexibility index (Phi) is 10.6. The van der Waals surface area contributed by atoms with Crippen molar-refractivity contribution in [3.8, 4) is 0 Å². The summed E-state index contributed by atoms with van der Waals surface area (Å²) in [6.07, 6.45) is 0. The number of hydrogen-bond acceptors (Lipinski definition) is 1. The number of anilines is 2. The van der Waals surface area contributed by atoms with Crippen LogP contribution in [0, 0.1) is 5.92 Å². The van der Waals surface area contributed by atoms with Crippen LogP contribution in [0.4, 0.5) is 11.4 Å². The summed E-state index contributed by atoms with van der Waals surface area (Å²) >= 11 is 0. The van der Waals surface area contributed by atoms with E-state index in [0.29, 0.717) is 0 Å². The Balaban J connectivity index is 0.000000640. The first-order chi connectivity index (χ1) is 10.5. The molecule has 0 bridgehead atoms. The lowest BCUT2D eigenvalue weighted by Gasteiger charge is -2.24. The van der Waals surface area contributed by atoms with Crippen LogP contribution in [0.2, 0.25) is 0 Å². The van der Waals surface area contributed by atoms with Crippen molar-refractivity contribution in [1.29, 1.82) is 0 Å². The maximum atomic E-state index is 4.03. The molecule has 0 aromatic heterocycles. The van der Waals surface area contributed by atoms with Gasteiger partial charge in [-0.25, -0.2) is 0 Å². The first-order valence-electron chi connectivity index (χ1n) is 8.08. The summed E-state index contributed by atoms with van der Waals surface area (Å²) in [5.41, 5.74) is 3.29. The zero-order valence-electron chi connectivity index (χ0n) is 15.0. The van der Waals surface area contributed by atoms with E-state index in [1.807, 2.05) is 57.2 Å². The van der Waals surface area contributed by atoms with Crippen LogP contribution in [0.25, 0.3) is 0 Å². The Morgan fingerprint density at radius 1 is 0.773 bits per heavy atom. The quantitative estimate of drug-likeness (QED) is 0.587. The lowest BCUT2D eigenvalue weighted by molar-refractivity contribution is 0.737. The Morgan fingerprint density at radius 3 is 1.27 bits per heavy atom. The molecular weight excluding hydrogens is 266 g/mol. The molecule has 0 unspecified atom stereocenters. The average Bonchev–Trinajstić information content (AvgIpc) is 2.51. The molecule has 0 heterocycles. The van der Waals surface area contributed by atoms with E-state index in [2.05, 4.69) is 56.5 Å². The maximum Gasteiger partial charge on any atom is 0.0458 e. The minimum Gasteiger partial charge on any atom is -0.315 e. The minimum atomic E-state index is 0.833. The molecule has 0 atom stereocenters. The third kappa shape index (κ3) is 7.68. The summed E-state index contributed by atoms with van der Waals surface area (Å²) in [4.78, 5) is 2.14. The topological polar surface area (TPSA) is 3.24 Å². The van der Waals surface area contributed by atoms with Crippen LogP contribution >= 0.6 is 0 Å². The molecule has 2 aromatic carbocycles. The van der Waals surface area contributed by atoms with Gasteiger partial charge in [0, 0.05) is 17.1 Å². The van der Waals surface area contributed by atoms with Gasteiger partial charge >= 0.3 is 0 Å². The second-order valence-corrected chi connectivity index (χ2v) is 5.47. The van der Waals surface area contributed by atoms with Crippen molar-refractivity contribution in [2.24, 2.45) is 5.92 Å². The Labute approximate surface area is 137 Å². The standard InChI is InChI=1S/C15H15N.C4H10.C2H6/c1-13(2)16(14-9-5-3-6-10-14)15-11-7-4-8-12-15;1-4(2)3;1-2/h3-12H,1H2,2H3;4H,1-3H3;1-2H3. The lowest BCUT2D eigenvalue weighted by atomic mass is 10.2. The predicted molar refractivity (Wildman–Crippen MR) is 102 cm³/mol. The van der Waals surface area contributed by atoms with Gasteiger partial charge in [-0.3, -0.25) is 0 Å². The average molecular weight is 297 g/mol. The Hall–Kier alpha value is -2.02. The molecule has 2 aromatic rings. The zero-order chi connectivity index (χ0) is 17.0. The summed E-state index contributed by atoms with van der Waals surface area (Å²) in [6.45, 7) is 16.5. The molecule has 0 amide bonds. The van der Waals surface area contributed by atoms with Crippen LogP contribution in [0.5, 0.6) is 0 Å². The van der Waals surface area contributed by atoms with E-state index in [9.17, 15) is 0 Å². The normalized spacial score (nSPS) is 9.05. The monoisotopic (exact) mass is 297 g/mol. The summed E-state index contributed by atoms with van der Waals surface area (Å²) in [6, 6.07) is 20.5. The van der Waals surface area contributed by atoms with Gasteiger partial charge < -0.3 is 4.90 Å². The molecule has 0 spiro atoms.